The lowest BCUT2D eigenvalue weighted by Gasteiger charge is -2.08. The first-order valence-electron chi connectivity index (χ1n) is 6.86. The second-order valence-corrected chi connectivity index (χ2v) is 6.49. The SMILES string of the molecule is ClC(CCCc1nc2ccccc2s1)c1ccccc1. The summed E-state index contributed by atoms with van der Waals surface area (Å²) in [4.78, 5) is 4.66. The van der Waals surface area contributed by atoms with E-state index in [0.29, 0.717) is 0 Å². The van der Waals surface area contributed by atoms with Crippen molar-refractivity contribution in [3.63, 3.8) is 0 Å². The van der Waals surface area contributed by atoms with Crippen molar-refractivity contribution in [1.29, 1.82) is 0 Å². The Kier molecular flexibility index (Phi) is 4.34. The molecule has 0 saturated carbocycles. The fraction of sp³-hybridized carbons (Fsp3) is 0.235. The molecule has 2 aromatic carbocycles. The summed E-state index contributed by atoms with van der Waals surface area (Å²) in [7, 11) is 0. The molecule has 0 N–H and O–H groups in total. The van der Waals surface area contributed by atoms with Crippen molar-refractivity contribution < 1.29 is 0 Å². The van der Waals surface area contributed by atoms with Gasteiger partial charge in [0.25, 0.3) is 0 Å². The number of aromatic nitrogens is 1. The van der Waals surface area contributed by atoms with Gasteiger partial charge in [-0.2, -0.15) is 0 Å². The number of alkyl halides is 1. The zero-order valence-electron chi connectivity index (χ0n) is 11.1. The Hall–Kier alpha value is -1.38. The Morgan fingerprint density at radius 2 is 1.75 bits per heavy atom. The van der Waals surface area contributed by atoms with E-state index in [1.807, 2.05) is 24.3 Å². The van der Waals surface area contributed by atoms with Gasteiger partial charge in [0.1, 0.15) is 0 Å². The van der Waals surface area contributed by atoms with Gasteiger partial charge in [-0.15, -0.1) is 22.9 Å². The van der Waals surface area contributed by atoms with E-state index in [9.17, 15) is 0 Å². The Labute approximate surface area is 128 Å². The maximum absolute atomic E-state index is 6.43. The summed E-state index contributed by atoms with van der Waals surface area (Å²) in [6.07, 6.45) is 3.07. The van der Waals surface area contributed by atoms with Crippen LogP contribution in [0.1, 0.15) is 28.8 Å². The van der Waals surface area contributed by atoms with Gasteiger partial charge in [0.05, 0.1) is 20.6 Å². The summed E-state index contributed by atoms with van der Waals surface area (Å²) in [5, 5.41) is 1.31. The van der Waals surface area contributed by atoms with Gasteiger partial charge in [0.15, 0.2) is 0 Å². The Morgan fingerprint density at radius 1 is 1.00 bits per heavy atom. The van der Waals surface area contributed by atoms with Crippen LogP contribution in [0.25, 0.3) is 10.2 Å². The lowest BCUT2D eigenvalue weighted by molar-refractivity contribution is 0.714. The molecule has 102 valence electrons. The molecule has 0 fully saturated rings. The third-order valence-electron chi connectivity index (χ3n) is 3.35. The van der Waals surface area contributed by atoms with Crippen molar-refractivity contribution in [2.75, 3.05) is 0 Å². The lowest BCUT2D eigenvalue weighted by atomic mass is 10.1. The highest BCUT2D eigenvalue weighted by atomic mass is 35.5. The number of aryl methyl sites for hydroxylation is 1. The maximum atomic E-state index is 6.43. The van der Waals surface area contributed by atoms with Crippen molar-refractivity contribution in [1.82, 2.24) is 4.98 Å². The predicted molar refractivity (Wildman–Crippen MR) is 87.6 cm³/mol. The molecule has 3 aromatic rings. The predicted octanol–water partition coefficient (Wildman–Crippen LogP) is 5.60. The van der Waals surface area contributed by atoms with Gasteiger partial charge in [0.2, 0.25) is 0 Å². The zero-order valence-corrected chi connectivity index (χ0v) is 12.7. The third kappa shape index (κ3) is 3.20. The average molecular weight is 302 g/mol. The topological polar surface area (TPSA) is 12.9 Å². The van der Waals surface area contributed by atoms with E-state index in [4.69, 9.17) is 11.6 Å². The van der Waals surface area contributed by atoms with Crippen molar-refractivity contribution in [3.8, 4) is 0 Å². The zero-order chi connectivity index (χ0) is 13.8. The van der Waals surface area contributed by atoms with E-state index < -0.39 is 0 Å². The van der Waals surface area contributed by atoms with Crippen molar-refractivity contribution in [3.05, 3.63) is 65.2 Å². The minimum absolute atomic E-state index is 0.102. The molecule has 3 heteroatoms. The molecule has 3 rings (SSSR count). The van der Waals surface area contributed by atoms with E-state index in [0.717, 1.165) is 24.8 Å². The van der Waals surface area contributed by atoms with Gasteiger partial charge >= 0.3 is 0 Å². The van der Waals surface area contributed by atoms with Crippen LogP contribution >= 0.6 is 22.9 Å². The number of para-hydroxylation sites is 1. The summed E-state index contributed by atoms with van der Waals surface area (Å²) >= 11 is 8.22. The molecule has 0 aliphatic heterocycles. The number of halogens is 1. The van der Waals surface area contributed by atoms with Crippen molar-refractivity contribution >= 4 is 33.2 Å². The number of nitrogens with zero attached hydrogens (tertiary/aromatic N) is 1. The van der Waals surface area contributed by atoms with Crippen LogP contribution in [0.3, 0.4) is 0 Å². The summed E-state index contributed by atoms with van der Waals surface area (Å²) < 4.78 is 1.27. The minimum Gasteiger partial charge on any atom is -0.241 e. The molecule has 0 spiro atoms. The first kappa shape index (κ1) is 13.6. The highest BCUT2D eigenvalue weighted by molar-refractivity contribution is 7.18. The molecule has 0 radical (unpaired) electrons. The van der Waals surface area contributed by atoms with Crippen LogP contribution in [0.15, 0.2) is 54.6 Å². The Balaban J connectivity index is 1.57. The lowest BCUT2D eigenvalue weighted by Crippen LogP contribution is -1.92. The number of hydrogen-bond acceptors (Lipinski definition) is 2. The van der Waals surface area contributed by atoms with E-state index in [1.165, 1.54) is 15.3 Å². The number of hydrogen-bond donors (Lipinski definition) is 0. The van der Waals surface area contributed by atoms with Gasteiger partial charge in [-0.25, -0.2) is 4.98 Å². The average Bonchev–Trinajstić information content (AvgIpc) is 2.90. The highest BCUT2D eigenvalue weighted by Crippen LogP contribution is 2.27. The standard InChI is InChI=1S/C17H16ClNS/c18-14(13-7-2-1-3-8-13)9-6-12-17-19-15-10-4-5-11-16(15)20-17/h1-5,7-8,10-11,14H,6,9,12H2. The minimum atomic E-state index is 0.102. The summed E-state index contributed by atoms with van der Waals surface area (Å²) in [6.45, 7) is 0. The molecule has 1 unspecified atom stereocenters. The fourth-order valence-corrected chi connectivity index (χ4v) is 3.60. The smallest absolute Gasteiger partial charge is 0.0938 e. The molecule has 1 atom stereocenters. The van der Waals surface area contributed by atoms with Crippen LogP contribution < -0.4 is 0 Å². The second kappa shape index (κ2) is 6.38. The van der Waals surface area contributed by atoms with Gasteiger partial charge < -0.3 is 0 Å². The van der Waals surface area contributed by atoms with Crippen LogP contribution in [-0.2, 0) is 6.42 Å². The molecule has 0 aliphatic rings. The van der Waals surface area contributed by atoms with Crippen LogP contribution in [-0.4, -0.2) is 4.98 Å². The maximum Gasteiger partial charge on any atom is 0.0938 e. The van der Waals surface area contributed by atoms with E-state index >= 15 is 0 Å². The Bertz CT molecular complexity index is 645. The number of rotatable bonds is 5. The largest absolute Gasteiger partial charge is 0.241 e. The molecular weight excluding hydrogens is 286 g/mol. The van der Waals surface area contributed by atoms with Gasteiger partial charge in [-0.3, -0.25) is 0 Å². The molecule has 1 heterocycles. The number of fused-ring (bicyclic) bond motifs is 1. The monoisotopic (exact) mass is 301 g/mol. The van der Waals surface area contributed by atoms with E-state index in [1.54, 1.807) is 11.3 Å². The van der Waals surface area contributed by atoms with Crippen LogP contribution in [0.4, 0.5) is 0 Å². The van der Waals surface area contributed by atoms with Crippen LogP contribution in [0.2, 0.25) is 0 Å². The molecule has 1 nitrogen and oxygen atoms in total. The number of thiazole rings is 1. The van der Waals surface area contributed by atoms with Crippen molar-refractivity contribution in [2.24, 2.45) is 0 Å². The van der Waals surface area contributed by atoms with Crippen molar-refractivity contribution in [2.45, 2.75) is 24.6 Å². The fourth-order valence-electron chi connectivity index (χ4n) is 2.29. The quantitative estimate of drug-likeness (QED) is 0.559. The van der Waals surface area contributed by atoms with Gasteiger partial charge in [0, 0.05) is 0 Å². The Morgan fingerprint density at radius 3 is 2.55 bits per heavy atom. The summed E-state index contributed by atoms with van der Waals surface area (Å²) in [5.74, 6) is 0. The molecule has 1 aromatic heterocycles. The molecule has 0 amide bonds. The molecule has 0 saturated heterocycles. The normalized spacial score (nSPS) is 12.7. The summed E-state index contributed by atoms with van der Waals surface area (Å²) in [6, 6.07) is 18.6. The molecular formula is C17H16ClNS. The van der Waals surface area contributed by atoms with Gasteiger partial charge in [-0.1, -0.05) is 42.5 Å². The highest BCUT2D eigenvalue weighted by Gasteiger charge is 2.08. The van der Waals surface area contributed by atoms with E-state index in [-0.39, 0.29) is 5.38 Å². The first-order valence-corrected chi connectivity index (χ1v) is 8.12. The van der Waals surface area contributed by atoms with Crippen LogP contribution in [0, 0.1) is 0 Å². The summed E-state index contributed by atoms with van der Waals surface area (Å²) in [5.41, 5.74) is 2.32. The molecule has 0 aliphatic carbocycles. The van der Waals surface area contributed by atoms with Gasteiger partial charge in [-0.05, 0) is 37.0 Å². The first-order chi connectivity index (χ1) is 9.83. The second-order valence-electron chi connectivity index (χ2n) is 4.85. The molecule has 0 bridgehead atoms. The van der Waals surface area contributed by atoms with Crippen LogP contribution in [0.5, 0.6) is 0 Å². The van der Waals surface area contributed by atoms with E-state index in [2.05, 4.69) is 35.3 Å². The molecule has 20 heavy (non-hydrogen) atoms. The number of benzene rings is 2. The third-order valence-corrected chi connectivity index (χ3v) is 4.91.